The van der Waals surface area contributed by atoms with Gasteiger partial charge in [-0.2, -0.15) is 0 Å². The van der Waals surface area contributed by atoms with Gasteiger partial charge in [-0.15, -0.1) is 0 Å². The van der Waals surface area contributed by atoms with Gasteiger partial charge >= 0.3 is 0 Å². The van der Waals surface area contributed by atoms with E-state index in [4.69, 9.17) is 9.47 Å². The molecule has 0 saturated carbocycles. The van der Waals surface area contributed by atoms with Gasteiger partial charge in [-0.1, -0.05) is 12.8 Å². The molecule has 0 atom stereocenters. The lowest BCUT2D eigenvalue weighted by Crippen LogP contribution is -2.37. The summed E-state index contributed by atoms with van der Waals surface area (Å²) in [6.45, 7) is 16.3. The number of piperidine rings is 2. The van der Waals surface area contributed by atoms with Gasteiger partial charge in [-0.05, 0) is 84.5 Å². The van der Waals surface area contributed by atoms with Gasteiger partial charge in [0.15, 0.2) is 0 Å². The van der Waals surface area contributed by atoms with Crippen molar-refractivity contribution in [1.82, 2.24) is 9.80 Å². The standard InChI is InChI=1S/C21H42N2O2/c1-4-24-17-15-22-11-7-20(8-12-22)5-6-21-9-13-23(14-10-21)16-18-25-19(2)3/h19-21H,4-18H2,1-3H3. The van der Waals surface area contributed by atoms with E-state index in [0.717, 1.165) is 44.7 Å². The van der Waals surface area contributed by atoms with Crippen molar-refractivity contribution in [3.05, 3.63) is 0 Å². The third-order valence-corrected chi connectivity index (χ3v) is 6.01. The molecule has 0 amide bonds. The molecular weight excluding hydrogens is 312 g/mol. The van der Waals surface area contributed by atoms with Crippen molar-refractivity contribution >= 4 is 0 Å². The molecule has 25 heavy (non-hydrogen) atoms. The van der Waals surface area contributed by atoms with Crippen LogP contribution in [0.4, 0.5) is 0 Å². The first-order chi connectivity index (χ1) is 12.2. The molecule has 2 heterocycles. The van der Waals surface area contributed by atoms with E-state index < -0.39 is 0 Å². The summed E-state index contributed by atoms with van der Waals surface area (Å²) in [6.07, 6.45) is 8.88. The first kappa shape index (κ1) is 21.1. The summed E-state index contributed by atoms with van der Waals surface area (Å²) in [5.74, 6) is 1.94. The molecule has 0 aromatic rings. The quantitative estimate of drug-likeness (QED) is 0.529. The van der Waals surface area contributed by atoms with E-state index in [-0.39, 0.29) is 0 Å². The Hall–Kier alpha value is -0.160. The van der Waals surface area contributed by atoms with Crippen LogP contribution in [0.3, 0.4) is 0 Å². The minimum Gasteiger partial charge on any atom is -0.380 e. The molecule has 0 aromatic heterocycles. The summed E-state index contributed by atoms with van der Waals surface area (Å²) in [7, 11) is 0. The summed E-state index contributed by atoms with van der Waals surface area (Å²) in [4.78, 5) is 5.18. The Balaban J connectivity index is 1.49. The fourth-order valence-electron chi connectivity index (χ4n) is 4.22. The normalized spacial score (nSPS) is 22.1. The van der Waals surface area contributed by atoms with Crippen molar-refractivity contribution < 1.29 is 9.47 Å². The molecule has 4 nitrogen and oxygen atoms in total. The highest BCUT2D eigenvalue weighted by atomic mass is 16.5. The third-order valence-electron chi connectivity index (χ3n) is 6.01. The van der Waals surface area contributed by atoms with Crippen LogP contribution < -0.4 is 0 Å². The Morgan fingerprint density at radius 2 is 1.28 bits per heavy atom. The van der Waals surface area contributed by atoms with Crippen LogP contribution in [0.25, 0.3) is 0 Å². The van der Waals surface area contributed by atoms with Crippen LogP contribution in [0.5, 0.6) is 0 Å². The average Bonchev–Trinajstić information content (AvgIpc) is 2.62. The second-order valence-corrected chi connectivity index (χ2v) is 8.26. The minimum atomic E-state index is 0.364. The maximum atomic E-state index is 5.68. The van der Waals surface area contributed by atoms with Crippen LogP contribution in [-0.2, 0) is 9.47 Å². The zero-order valence-corrected chi connectivity index (χ0v) is 17.0. The van der Waals surface area contributed by atoms with Crippen molar-refractivity contribution in [2.24, 2.45) is 11.8 Å². The molecule has 0 bridgehead atoms. The number of nitrogens with zero attached hydrogens (tertiary/aromatic N) is 2. The van der Waals surface area contributed by atoms with E-state index in [2.05, 4.69) is 30.6 Å². The zero-order chi connectivity index (χ0) is 17.9. The highest BCUT2D eigenvalue weighted by Gasteiger charge is 2.23. The van der Waals surface area contributed by atoms with E-state index in [1.54, 1.807) is 0 Å². The summed E-state index contributed by atoms with van der Waals surface area (Å²) in [5, 5.41) is 0. The molecular formula is C21H42N2O2. The fourth-order valence-corrected chi connectivity index (χ4v) is 4.22. The van der Waals surface area contributed by atoms with Gasteiger partial charge in [0.1, 0.15) is 0 Å². The summed E-state index contributed by atoms with van der Waals surface area (Å²) >= 11 is 0. The van der Waals surface area contributed by atoms with Gasteiger partial charge in [-0.3, -0.25) is 0 Å². The smallest absolute Gasteiger partial charge is 0.0596 e. The maximum Gasteiger partial charge on any atom is 0.0596 e. The van der Waals surface area contributed by atoms with Gasteiger partial charge in [-0.25, -0.2) is 0 Å². The predicted molar refractivity (Wildman–Crippen MR) is 105 cm³/mol. The topological polar surface area (TPSA) is 24.9 Å². The highest BCUT2D eigenvalue weighted by Crippen LogP contribution is 2.28. The molecule has 2 fully saturated rings. The van der Waals surface area contributed by atoms with Gasteiger partial charge < -0.3 is 19.3 Å². The molecule has 2 rings (SSSR count). The predicted octanol–water partition coefficient (Wildman–Crippen LogP) is 3.65. The van der Waals surface area contributed by atoms with Crippen molar-refractivity contribution in [3.8, 4) is 0 Å². The van der Waals surface area contributed by atoms with Crippen LogP contribution in [0.2, 0.25) is 0 Å². The summed E-state index contributed by atoms with van der Waals surface area (Å²) < 4.78 is 11.2. The Bertz CT molecular complexity index is 322. The van der Waals surface area contributed by atoms with E-state index in [9.17, 15) is 0 Å². The van der Waals surface area contributed by atoms with Crippen LogP contribution in [-0.4, -0.2) is 75.0 Å². The molecule has 0 spiro atoms. The Labute approximate surface area is 156 Å². The number of hydrogen-bond donors (Lipinski definition) is 0. The second-order valence-electron chi connectivity index (χ2n) is 8.26. The molecule has 0 unspecified atom stereocenters. The highest BCUT2D eigenvalue weighted by molar-refractivity contribution is 4.76. The first-order valence-corrected chi connectivity index (χ1v) is 10.8. The van der Waals surface area contributed by atoms with E-state index in [0.29, 0.717) is 6.10 Å². The molecule has 0 N–H and O–H groups in total. The number of rotatable bonds is 11. The van der Waals surface area contributed by atoms with E-state index in [1.807, 2.05) is 0 Å². The van der Waals surface area contributed by atoms with Gasteiger partial charge in [0.05, 0.1) is 19.3 Å². The summed E-state index contributed by atoms with van der Waals surface area (Å²) in [5.41, 5.74) is 0. The molecule has 0 radical (unpaired) electrons. The molecule has 0 aromatic carbocycles. The third kappa shape index (κ3) is 8.85. The number of likely N-dealkylation sites (tertiary alicyclic amines) is 2. The van der Waals surface area contributed by atoms with Gasteiger partial charge in [0.25, 0.3) is 0 Å². The number of ether oxygens (including phenoxy) is 2. The lowest BCUT2D eigenvalue weighted by Gasteiger charge is -2.34. The van der Waals surface area contributed by atoms with E-state index >= 15 is 0 Å². The molecule has 2 saturated heterocycles. The Morgan fingerprint density at radius 1 is 0.800 bits per heavy atom. The Kier molecular flexibility index (Phi) is 10.4. The van der Waals surface area contributed by atoms with Crippen LogP contribution in [0.15, 0.2) is 0 Å². The van der Waals surface area contributed by atoms with Crippen LogP contribution >= 0.6 is 0 Å². The number of hydrogen-bond acceptors (Lipinski definition) is 4. The van der Waals surface area contributed by atoms with Gasteiger partial charge in [0, 0.05) is 19.7 Å². The first-order valence-electron chi connectivity index (χ1n) is 10.8. The molecule has 2 aliphatic rings. The van der Waals surface area contributed by atoms with Crippen molar-refractivity contribution in [2.45, 2.75) is 65.4 Å². The van der Waals surface area contributed by atoms with Crippen LogP contribution in [0.1, 0.15) is 59.3 Å². The van der Waals surface area contributed by atoms with Crippen molar-refractivity contribution in [2.75, 3.05) is 59.1 Å². The lowest BCUT2D eigenvalue weighted by atomic mass is 9.85. The second kappa shape index (κ2) is 12.3. The monoisotopic (exact) mass is 354 g/mol. The SMILES string of the molecule is CCOCCN1CCC(CCC2CCN(CCOC(C)C)CC2)CC1. The van der Waals surface area contributed by atoms with Crippen molar-refractivity contribution in [3.63, 3.8) is 0 Å². The molecule has 148 valence electrons. The molecule has 0 aliphatic carbocycles. The van der Waals surface area contributed by atoms with Crippen molar-refractivity contribution in [1.29, 1.82) is 0 Å². The lowest BCUT2D eigenvalue weighted by molar-refractivity contribution is 0.0496. The summed E-state index contributed by atoms with van der Waals surface area (Å²) in [6, 6.07) is 0. The molecule has 4 heteroatoms. The Morgan fingerprint density at radius 3 is 1.72 bits per heavy atom. The van der Waals surface area contributed by atoms with E-state index in [1.165, 1.54) is 64.7 Å². The van der Waals surface area contributed by atoms with Crippen LogP contribution in [0, 0.1) is 11.8 Å². The maximum absolute atomic E-state index is 5.68. The average molecular weight is 355 g/mol. The van der Waals surface area contributed by atoms with Gasteiger partial charge in [0.2, 0.25) is 0 Å². The largest absolute Gasteiger partial charge is 0.380 e. The zero-order valence-electron chi connectivity index (χ0n) is 17.0. The fraction of sp³-hybridized carbons (Fsp3) is 1.00. The minimum absolute atomic E-state index is 0.364. The molecule has 2 aliphatic heterocycles.